The first-order chi connectivity index (χ1) is 7.63. The lowest BCUT2D eigenvalue weighted by molar-refractivity contribution is 0.588. The molecule has 16 heavy (non-hydrogen) atoms. The summed E-state index contributed by atoms with van der Waals surface area (Å²) in [7, 11) is 0. The molecule has 1 aromatic rings. The third-order valence-corrected chi connectivity index (χ3v) is 2.20. The minimum absolute atomic E-state index is 0.0492. The zero-order chi connectivity index (χ0) is 12.0. The summed E-state index contributed by atoms with van der Waals surface area (Å²) < 4.78 is 13.1. The molecule has 1 atom stereocenters. The second kappa shape index (κ2) is 6.38. The van der Waals surface area contributed by atoms with Crippen LogP contribution in [0.3, 0.4) is 0 Å². The molecule has 0 aliphatic heterocycles. The molecular formula is C13H19FN2. The quantitative estimate of drug-likeness (QED) is 0.774. The molecule has 3 heteroatoms. The van der Waals surface area contributed by atoms with Gasteiger partial charge >= 0.3 is 0 Å². The molecule has 1 unspecified atom stereocenters. The van der Waals surface area contributed by atoms with Gasteiger partial charge in [-0.1, -0.05) is 18.6 Å². The van der Waals surface area contributed by atoms with Crippen molar-refractivity contribution in [1.29, 1.82) is 0 Å². The second-order valence-corrected chi connectivity index (χ2v) is 4.11. The Morgan fingerprint density at radius 1 is 1.50 bits per heavy atom. The molecule has 0 radical (unpaired) electrons. The van der Waals surface area contributed by atoms with Gasteiger partial charge in [-0.05, 0) is 38.4 Å². The standard InChI is InChI=1S/C13H19FN2/c1-4-5-16-13(6-10(2)3)11-7-12(14)9-15-8-11/h6-9,13,16H,4-5H2,1-3H3. The number of nitrogens with zero attached hydrogens (tertiary/aromatic N) is 1. The Kier molecular flexibility index (Phi) is 5.12. The van der Waals surface area contributed by atoms with Gasteiger partial charge in [-0.2, -0.15) is 0 Å². The molecule has 0 spiro atoms. The molecule has 2 nitrogen and oxygen atoms in total. The summed E-state index contributed by atoms with van der Waals surface area (Å²) in [6.07, 6.45) is 6.07. The van der Waals surface area contributed by atoms with Crippen LogP contribution in [0.5, 0.6) is 0 Å². The summed E-state index contributed by atoms with van der Waals surface area (Å²) in [5.41, 5.74) is 2.08. The number of hydrogen-bond acceptors (Lipinski definition) is 2. The van der Waals surface area contributed by atoms with Crippen molar-refractivity contribution in [2.75, 3.05) is 6.54 Å². The number of rotatable bonds is 5. The zero-order valence-electron chi connectivity index (χ0n) is 10.1. The number of pyridine rings is 1. The van der Waals surface area contributed by atoms with Crippen molar-refractivity contribution in [2.24, 2.45) is 0 Å². The summed E-state index contributed by atoms with van der Waals surface area (Å²) >= 11 is 0. The van der Waals surface area contributed by atoms with E-state index in [-0.39, 0.29) is 11.9 Å². The van der Waals surface area contributed by atoms with Gasteiger partial charge in [0.2, 0.25) is 0 Å². The van der Waals surface area contributed by atoms with E-state index in [1.165, 1.54) is 17.8 Å². The smallest absolute Gasteiger partial charge is 0.141 e. The molecule has 0 aromatic carbocycles. The highest BCUT2D eigenvalue weighted by atomic mass is 19.1. The average molecular weight is 222 g/mol. The first kappa shape index (κ1) is 12.8. The maximum absolute atomic E-state index is 13.1. The molecule has 0 saturated heterocycles. The van der Waals surface area contributed by atoms with Gasteiger partial charge in [-0.3, -0.25) is 4.98 Å². The van der Waals surface area contributed by atoms with E-state index < -0.39 is 0 Å². The number of halogens is 1. The third-order valence-electron chi connectivity index (χ3n) is 2.20. The van der Waals surface area contributed by atoms with E-state index >= 15 is 0 Å². The molecule has 0 amide bonds. The lowest BCUT2D eigenvalue weighted by Gasteiger charge is -2.15. The van der Waals surface area contributed by atoms with Crippen LogP contribution in [0.1, 0.15) is 38.8 Å². The van der Waals surface area contributed by atoms with E-state index in [4.69, 9.17) is 0 Å². The third kappa shape index (κ3) is 4.11. The molecule has 1 rings (SSSR count). The Hall–Kier alpha value is -1.22. The molecule has 0 fully saturated rings. The van der Waals surface area contributed by atoms with Gasteiger partial charge in [0, 0.05) is 6.20 Å². The van der Waals surface area contributed by atoms with Crippen LogP contribution in [0.15, 0.2) is 30.1 Å². The molecule has 0 saturated carbocycles. The van der Waals surface area contributed by atoms with Crippen molar-refractivity contribution >= 4 is 0 Å². The van der Waals surface area contributed by atoms with Crippen molar-refractivity contribution < 1.29 is 4.39 Å². The van der Waals surface area contributed by atoms with E-state index in [0.29, 0.717) is 0 Å². The van der Waals surface area contributed by atoms with Gasteiger partial charge in [-0.15, -0.1) is 0 Å². The number of aromatic nitrogens is 1. The monoisotopic (exact) mass is 222 g/mol. The molecule has 1 heterocycles. The molecule has 0 aliphatic rings. The Bertz CT molecular complexity index is 357. The fraction of sp³-hybridized carbons (Fsp3) is 0.462. The first-order valence-electron chi connectivity index (χ1n) is 5.62. The Morgan fingerprint density at radius 2 is 2.25 bits per heavy atom. The normalized spacial score (nSPS) is 12.2. The highest BCUT2D eigenvalue weighted by Gasteiger charge is 2.08. The van der Waals surface area contributed by atoms with E-state index in [1.807, 2.05) is 13.8 Å². The summed E-state index contributed by atoms with van der Waals surface area (Å²) in [5.74, 6) is -0.289. The van der Waals surface area contributed by atoms with Crippen molar-refractivity contribution in [2.45, 2.75) is 33.2 Å². The molecule has 1 N–H and O–H groups in total. The van der Waals surface area contributed by atoms with Crippen LogP contribution >= 0.6 is 0 Å². The van der Waals surface area contributed by atoms with Gasteiger partial charge in [-0.25, -0.2) is 4.39 Å². The average Bonchev–Trinajstić information content (AvgIpc) is 2.23. The van der Waals surface area contributed by atoms with Gasteiger partial charge < -0.3 is 5.32 Å². The second-order valence-electron chi connectivity index (χ2n) is 4.11. The fourth-order valence-corrected chi connectivity index (χ4v) is 1.50. The zero-order valence-corrected chi connectivity index (χ0v) is 10.1. The molecule has 1 aromatic heterocycles. The number of allylic oxidation sites excluding steroid dienone is 1. The van der Waals surface area contributed by atoms with Crippen molar-refractivity contribution in [3.05, 3.63) is 41.5 Å². The predicted octanol–water partition coefficient (Wildman–Crippen LogP) is 3.23. The van der Waals surface area contributed by atoms with Crippen LogP contribution in [0.4, 0.5) is 4.39 Å². The van der Waals surface area contributed by atoms with E-state index in [0.717, 1.165) is 18.5 Å². The van der Waals surface area contributed by atoms with Crippen LogP contribution in [0.25, 0.3) is 0 Å². The summed E-state index contributed by atoms with van der Waals surface area (Å²) in [6.45, 7) is 7.09. The SMILES string of the molecule is CCCNC(C=C(C)C)c1cncc(F)c1. The van der Waals surface area contributed by atoms with Crippen molar-refractivity contribution in [1.82, 2.24) is 10.3 Å². The fourth-order valence-electron chi connectivity index (χ4n) is 1.50. The number of nitrogens with one attached hydrogen (secondary N) is 1. The highest BCUT2D eigenvalue weighted by molar-refractivity contribution is 5.21. The van der Waals surface area contributed by atoms with Crippen LogP contribution < -0.4 is 5.32 Å². The summed E-state index contributed by atoms with van der Waals surface area (Å²) in [5, 5.41) is 3.36. The molecule has 0 bridgehead atoms. The van der Waals surface area contributed by atoms with Gasteiger partial charge in [0.05, 0.1) is 12.2 Å². The largest absolute Gasteiger partial charge is 0.307 e. The molecule has 88 valence electrons. The Balaban J connectivity index is 2.87. The Labute approximate surface area is 96.6 Å². The van der Waals surface area contributed by atoms with E-state index in [2.05, 4.69) is 23.3 Å². The maximum atomic E-state index is 13.1. The molecular weight excluding hydrogens is 203 g/mol. The number of hydrogen-bond donors (Lipinski definition) is 1. The lowest BCUT2D eigenvalue weighted by Crippen LogP contribution is -2.21. The van der Waals surface area contributed by atoms with Crippen molar-refractivity contribution in [3.8, 4) is 0 Å². The van der Waals surface area contributed by atoms with Crippen LogP contribution in [0, 0.1) is 5.82 Å². The minimum atomic E-state index is -0.289. The van der Waals surface area contributed by atoms with Gasteiger partial charge in [0.1, 0.15) is 5.82 Å². The highest BCUT2D eigenvalue weighted by Crippen LogP contribution is 2.16. The summed E-state index contributed by atoms with van der Waals surface area (Å²) in [6, 6.07) is 1.58. The van der Waals surface area contributed by atoms with Crippen LogP contribution in [-0.2, 0) is 0 Å². The maximum Gasteiger partial charge on any atom is 0.141 e. The summed E-state index contributed by atoms with van der Waals surface area (Å²) in [4.78, 5) is 3.88. The molecule has 0 aliphatic carbocycles. The van der Waals surface area contributed by atoms with Crippen molar-refractivity contribution in [3.63, 3.8) is 0 Å². The van der Waals surface area contributed by atoms with E-state index in [1.54, 1.807) is 6.20 Å². The van der Waals surface area contributed by atoms with Gasteiger partial charge in [0.25, 0.3) is 0 Å². The van der Waals surface area contributed by atoms with Crippen LogP contribution in [0.2, 0.25) is 0 Å². The minimum Gasteiger partial charge on any atom is -0.307 e. The Morgan fingerprint density at radius 3 is 2.81 bits per heavy atom. The predicted molar refractivity (Wildman–Crippen MR) is 64.7 cm³/mol. The van der Waals surface area contributed by atoms with Gasteiger partial charge in [0.15, 0.2) is 0 Å². The topological polar surface area (TPSA) is 24.9 Å². The first-order valence-corrected chi connectivity index (χ1v) is 5.62. The van der Waals surface area contributed by atoms with E-state index in [9.17, 15) is 4.39 Å². The lowest BCUT2D eigenvalue weighted by atomic mass is 10.1. The van der Waals surface area contributed by atoms with Crippen LogP contribution in [-0.4, -0.2) is 11.5 Å².